The van der Waals surface area contributed by atoms with Gasteiger partial charge in [-0.2, -0.15) is 5.10 Å². The summed E-state index contributed by atoms with van der Waals surface area (Å²) in [7, 11) is 1.97. The number of aryl methyl sites for hydroxylation is 1. The van der Waals surface area contributed by atoms with Crippen LogP contribution in [0.1, 0.15) is 39.4 Å². The maximum atomic E-state index is 4.35. The Labute approximate surface area is 116 Å². The fraction of sp³-hybridized carbons (Fsp3) is 0.857. The Kier molecular flexibility index (Phi) is 4.93. The molecule has 2 rings (SSSR count). The van der Waals surface area contributed by atoms with Crippen molar-refractivity contribution in [2.45, 2.75) is 52.2 Å². The van der Waals surface area contributed by atoms with Gasteiger partial charge in [-0.15, -0.1) is 0 Å². The van der Waals surface area contributed by atoms with Crippen molar-refractivity contribution in [3.8, 4) is 0 Å². The van der Waals surface area contributed by atoms with Crippen LogP contribution in [0.15, 0.2) is 6.33 Å². The van der Waals surface area contributed by atoms with E-state index in [0.717, 1.165) is 31.4 Å². The van der Waals surface area contributed by atoms with Crippen LogP contribution in [0.25, 0.3) is 0 Å². The summed E-state index contributed by atoms with van der Waals surface area (Å²) in [5.74, 6) is 1.79. The molecule has 1 aromatic heterocycles. The highest BCUT2D eigenvalue weighted by molar-refractivity contribution is 4.88. The molecule has 0 aromatic carbocycles. The monoisotopic (exact) mass is 265 g/mol. The van der Waals surface area contributed by atoms with Gasteiger partial charge in [0.25, 0.3) is 0 Å². The van der Waals surface area contributed by atoms with Crippen molar-refractivity contribution in [1.29, 1.82) is 0 Å². The lowest BCUT2D eigenvalue weighted by atomic mass is 10.0. The van der Waals surface area contributed by atoms with Gasteiger partial charge in [-0.05, 0) is 32.2 Å². The van der Waals surface area contributed by atoms with Crippen molar-refractivity contribution in [1.82, 2.24) is 25.0 Å². The van der Waals surface area contributed by atoms with E-state index in [-0.39, 0.29) is 0 Å². The highest BCUT2D eigenvalue weighted by Gasteiger charge is 2.24. The summed E-state index contributed by atoms with van der Waals surface area (Å²) in [6.07, 6.45) is 4.08. The van der Waals surface area contributed by atoms with Gasteiger partial charge in [0.15, 0.2) is 0 Å². The molecule has 1 aliphatic rings. The van der Waals surface area contributed by atoms with E-state index in [0.29, 0.717) is 12.1 Å². The molecule has 0 bridgehead atoms. The molecule has 0 radical (unpaired) electrons. The van der Waals surface area contributed by atoms with E-state index in [4.69, 9.17) is 0 Å². The SMILES string of the molecule is CC(C)CC1CN(Cc2ncnn2C)C(C)CCN1. The molecule has 1 saturated heterocycles. The van der Waals surface area contributed by atoms with Crippen LogP contribution < -0.4 is 5.32 Å². The van der Waals surface area contributed by atoms with E-state index in [1.54, 1.807) is 6.33 Å². The number of hydrogen-bond donors (Lipinski definition) is 1. The van der Waals surface area contributed by atoms with Crippen molar-refractivity contribution in [2.24, 2.45) is 13.0 Å². The molecule has 2 atom stereocenters. The number of aromatic nitrogens is 3. The third-order valence-electron chi connectivity index (χ3n) is 3.98. The van der Waals surface area contributed by atoms with Gasteiger partial charge >= 0.3 is 0 Å². The predicted octanol–water partition coefficient (Wildman–Crippen LogP) is 1.41. The Hall–Kier alpha value is -0.940. The molecular formula is C14H27N5. The summed E-state index contributed by atoms with van der Waals surface area (Å²) in [4.78, 5) is 6.89. The number of nitrogens with zero attached hydrogens (tertiary/aromatic N) is 4. The standard InChI is InChI=1S/C14H27N5/c1-11(2)7-13-8-19(12(3)5-6-15-13)9-14-16-10-17-18(14)4/h10-13,15H,5-9H2,1-4H3. The van der Waals surface area contributed by atoms with Crippen LogP contribution in [-0.4, -0.2) is 44.8 Å². The van der Waals surface area contributed by atoms with Gasteiger partial charge in [0, 0.05) is 25.7 Å². The van der Waals surface area contributed by atoms with Crippen LogP contribution in [0.3, 0.4) is 0 Å². The lowest BCUT2D eigenvalue weighted by Crippen LogP contribution is -2.40. The molecule has 108 valence electrons. The Morgan fingerprint density at radius 3 is 2.89 bits per heavy atom. The quantitative estimate of drug-likeness (QED) is 0.894. The fourth-order valence-corrected chi connectivity index (χ4v) is 2.80. The Morgan fingerprint density at radius 2 is 2.26 bits per heavy atom. The summed E-state index contributed by atoms with van der Waals surface area (Å²) in [6, 6.07) is 1.19. The average molecular weight is 265 g/mol. The minimum Gasteiger partial charge on any atom is -0.313 e. The summed E-state index contributed by atoms with van der Waals surface area (Å²) in [5, 5.41) is 7.84. The minimum absolute atomic E-state index is 0.596. The van der Waals surface area contributed by atoms with E-state index >= 15 is 0 Å². The lowest BCUT2D eigenvalue weighted by Gasteiger charge is -2.29. The van der Waals surface area contributed by atoms with Gasteiger partial charge in [-0.3, -0.25) is 9.58 Å². The highest BCUT2D eigenvalue weighted by atomic mass is 15.3. The van der Waals surface area contributed by atoms with Crippen molar-refractivity contribution >= 4 is 0 Å². The summed E-state index contributed by atoms with van der Waals surface area (Å²) < 4.78 is 1.88. The van der Waals surface area contributed by atoms with Crippen LogP contribution >= 0.6 is 0 Å². The van der Waals surface area contributed by atoms with Crippen molar-refractivity contribution in [3.05, 3.63) is 12.2 Å². The fourth-order valence-electron chi connectivity index (χ4n) is 2.80. The summed E-state index contributed by atoms with van der Waals surface area (Å²) in [6.45, 7) is 10.0. The topological polar surface area (TPSA) is 46.0 Å². The summed E-state index contributed by atoms with van der Waals surface area (Å²) >= 11 is 0. The van der Waals surface area contributed by atoms with E-state index in [1.807, 2.05) is 11.7 Å². The van der Waals surface area contributed by atoms with Gasteiger partial charge < -0.3 is 5.32 Å². The molecular weight excluding hydrogens is 238 g/mol. The molecule has 2 unspecified atom stereocenters. The number of hydrogen-bond acceptors (Lipinski definition) is 4. The molecule has 2 heterocycles. The molecule has 1 aliphatic heterocycles. The van der Waals surface area contributed by atoms with Crippen LogP contribution in [0.5, 0.6) is 0 Å². The van der Waals surface area contributed by atoms with Gasteiger partial charge in [0.05, 0.1) is 6.54 Å². The van der Waals surface area contributed by atoms with E-state index in [2.05, 4.69) is 41.1 Å². The molecule has 1 aromatic rings. The van der Waals surface area contributed by atoms with Crippen molar-refractivity contribution in [3.63, 3.8) is 0 Å². The van der Waals surface area contributed by atoms with E-state index in [9.17, 15) is 0 Å². The number of nitrogens with one attached hydrogen (secondary N) is 1. The first-order chi connectivity index (χ1) is 9.06. The third-order valence-corrected chi connectivity index (χ3v) is 3.98. The normalized spacial score (nSPS) is 25.7. The first kappa shape index (κ1) is 14.5. The molecule has 0 aliphatic carbocycles. The zero-order valence-electron chi connectivity index (χ0n) is 12.6. The van der Waals surface area contributed by atoms with Crippen LogP contribution in [0.4, 0.5) is 0 Å². The van der Waals surface area contributed by atoms with Crippen molar-refractivity contribution in [2.75, 3.05) is 13.1 Å². The molecule has 5 nitrogen and oxygen atoms in total. The van der Waals surface area contributed by atoms with Crippen LogP contribution in [-0.2, 0) is 13.6 Å². The van der Waals surface area contributed by atoms with E-state index < -0.39 is 0 Å². The first-order valence-corrected chi connectivity index (χ1v) is 7.36. The largest absolute Gasteiger partial charge is 0.313 e. The maximum Gasteiger partial charge on any atom is 0.140 e. The molecule has 19 heavy (non-hydrogen) atoms. The Morgan fingerprint density at radius 1 is 1.47 bits per heavy atom. The first-order valence-electron chi connectivity index (χ1n) is 7.36. The van der Waals surface area contributed by atoms with Gasteiger partial charge in [-0.1, -0.05) is 13.8 Å². The second-order valence-corrected chi connectivity index (χ2v) is 6.15. The minimum atomic E-state index is 0.596. The molecule has 0 amide bonds. The third kappa shape index (κ3) is 4.01. The summed E-state index contributed by atoms with van der Waals surface area (Å²) in [5.41, 5.74) is 0. The van der Waals surface area contributed by atoms with Gasteiger partial charge in [-0.25, -0.2) is 4.98 Å². The van der Waals surface area contributed by atoms with Crippen LogP contribution in [0.2, 0.25) is 0 Å². The zero-order valence-corrected chi connectivity index (χ0v) is 12.6. The second-order valence-electron chi connectivity index (χ2n) is 6.15. The van der Waals surface area contributed by atoms with Crippen LogP contribution in [0, 0.1) is 5.92 Å². The van der Waals surface area contributed by atoms with Gasteiger partial charge in [0.1, 0.15) is 12.2 Å². The molecule has 0 saturated carbocycles. The smallest absolute Gasteiger partial charge is 0.140 e. The van der Waals surface area contributed by atoms with Crippen molar-refractivity contribution < 1.29 is 0 Å². The predicted molar refractivity (Wildman–Crippen MR) is 76.7 cm³/mol. The molecule has 1 fully saturated rings. The van der Waals surface area contributed by atoms with E-state index in [1.165, 1.54) is 12.8 Å². The number of rotatable bonds is 4. The Balaban J connectivity index is 2.01. The molecule has 0 spiro atoms. The average Bonchev–Trinajstić information content (AvgIpc) is 2.64. The Bertz CT molecular complexity index is 387. The highest BCUT2D eigenvalue weighted by Crippen LogP contribution is 2.15. The molecule has 1 N–H and O–H groups in total. The maximum absolute atomic E-state index is 4.35. The lowest BCUT2D eigenvalue weighted by molar-refractivity contribution is 0.183. The zero-order chi connectivity index (χ0) is 13.8. The second kappa shape index (κ2) is 6.48. The van der Waals surface area contributed by atoms with Gasteiger partial charge in [0.2, 0.25) is 0 Å². The molecule has 5 heteroatoms.